The first kappa shape index (κ1) is 24.5. The summed E-state index contributed by atoms with van der Waals surface area (Å²) in [6.45, 7) is 7.10. The minimum absolute atomic E-state index is 0.0130. The number of amides is 1. The monoisotopic (exact) mass is 492 g/mol. The van der Waals surface area contributed by atoms with Crippen molar-refractivity contribution in [2.45, 2.75) is 33.6 Å². The normalized spacial score (nSPS) is 16.2. The number of rotatable bonds is 9. The van der Waals surface area contributed by atoms with Crippen LogP contribution >= 0.6 is 11.8 Å². The van der Waals surface area contributed by atoms with Crippen molar-refractivity contribution in [3.63, 3.8) is 0 Å². The maximum absolute atomic E-state index is 12.6. The highest BCUT2D eigenvalue weighted by atomic mass is 32.2. The van der Waals surface area contributed by atoms with Gasteiger partial charge in [-0.05, 0) is 73.0 Å². The maximum atomic E-state index is 12.6. The molecule has 2 aromatic rings. The fourth-order valence-corrected chi connectivity index (χ4v) is 4.36. The first-order chi connectivity index (χ1) is 16.9. The van der Waals surface area contributed by atoms with Crippen molar-refractivity contribution in [3.05, 3.63) is 58.7 Å². The fourth-order valence-electron chi connectivity index (χ4n) is 3.54. The van der Waals surface area contributed by atoms with Crippen molar-refractivity contribution >= 4 is 39.8 Å². The molecule has 1 N–H and O–H groups in total. The van der Waals surface area contributed by atoms with Gasteiger partial charge in [0.05, 0.1) is 25.9 Å². The third-order valence-corrected chi connectivity index (χ3v) is 6.71. The molecule has 0 unspecified atom stereocenters. The number of amidine groups is 2. The summed E-state index contributed by atoms with van der Waals surface area (Å²) in [7, 11) is 1.57. The van der Waals surface area contributed by atoms with Crippen molar-refractivity contribution in [3.8, 4) is 17.2 Å². The second-order valence-electron chi connectivity index (χ2n) is 8.03. The lowest BCUT2D eigenvalue weighted by molar-refractivity contribution is -0.114. The van der Waals surface area contributed by atoms with E-state index in [4.69, 9.17) is 19.6 Å². The molecule has 2 aromatic carbocycles. The van der Waals surface area contributed by atoms with Gasteiger partial charge in [0.1, 0.15) is 10.8 Å². The number of hydrogen-bond donors (Lipinski definition) is 1. The van der Waals surface area contributed by atoms with Gasteiger partial charge < -0.3 is 14.2 Å². The standard InChI is InChI=1S/C26H28N4O4S/c1-5-23-29-30-24(27)19(25(31)28-26(30)35-23)14-18-10-11-21(22(15-18)32-4)34-13-7-12-33-20-9-6-8-16(2)17(20)3/h6,8-11,14-15,27H,5,7,12-13H2,1-4H3. The van der Waals surface area contributed by atoms with E-state index in [-0.39, 0.29) is 11.4 Å². The molecule has 0 bridgehead atoms. The molecule has 0 saturated heterocycles. The molecule has 0 aliphatic carbocycles. The van der Waals surface area contributed by atoms with Crippen molar-refractivity contribution in [1.29, 1.82) is 5.41 Å². The first-order valence-corrected chi connectivity index (χ1v) is 12.2. The minimum atomic E-state index is -0.454. The maximum Gasteiger partial charge on any atom is 0.283 e. The van der Waals surface area contributed by atoms with Crippen LogP contribution in [0.5, 0.6) is 17.2 Å². The number of carbonyl (C=O) groups is 1. The van der Waals surface area contributed by atoms with Gasteiger partial charge >= 0.3 is 0 Å². The Labute approximate surface area is 209 Å². The summed E-state index contributed by atoms with van der Waals surface area (Å²) in [5, 5.41) is 15.5. The third kappa shape index (κ3) is 5.40. The molecule has 8 nitrogen and oxygen atoms in total. The number of carbonyl (C=O) groups excluding carboxylic acids is 1. The number of benzene rings is 2. The Bertz CT molecular complexity index is 1250. The molecule has 0 fully saturated rings. The summed E-state index contributed by atoms with van der Waals surface area (Å²) < 4.78 is 17.3. The lowest BCUT2D eigenvalue weighted by Gasteiger charge is -2.20. The van der Waals surface area contributed by atoms with Crippen LogP contribution in [-0.2, 0) is 4.79 Å². The zero-order valence-electron chi connectivity index (χ0n) is 20.3. The number of thioether (sulfide) groups is 1. The number of nitrogens with one attached hydrogen (secondary N) is 1. The highest BCUT2D eigenvalue weighted by Crippen LogP contribution is 2.32. The Morgan fingerprint density at radius 2 is 1.86 bits per heavy atom. The molecule has 2 heterocycles. The van der Waals surface area contributed by atoms with Crippen LogP contribution in [0.1, 0.15) is 36.5 Å². The molecular formula is C26H28N4O4S. The molecule has 182 valence electrons. The molecule has 2 aliphatic heterocycles. The van der Waals surface area contributed by atoms with Crippen LogP contribution in [0.4, 0.5) is 0 Å². The summed E-state index contributed by atoms with van der Waals surface area (Å²) in [5.74, 6) is 1.59. The second-order valence-corrected chi connectivity index (χ2v) is 9.07. The van der Waals surface area contributed by atoms with Crippen LogP contribution < -0.4 is 14.2 Å². The second kappa shape index (κ2) is 10.8. The van der Waals surface area contributed by atoms with Gasteiger partial charge in [0.15, 0.2) is 17.3 Å². The van der Waals surface area contributed by atoms with Crippen LogP contribution in [0.25, 0.3) is 6.08 Å². The van der Waals surface area contributed by atoms with E-state index in [0.717, 1.165) is 22.8 Å². The zero-order valence-corrected chi connectivity index (χ0v) is 21.1. The van der Waals surface area contributed by atoms with Gasteiger partial charge in [0.2, 0.25) is 5.17 Å². The Kier molecular flexibility index (Phi) is 7.55. The Hall–Kier alpha value is -3.59. The summed E-state index contributed by atoms with van der Waals surface area (Å²) in [5.41, 5.74) is 3.22. The number of hydrazone groups is 1. The minimum Gasteiger partial charge on any atom is -0.493 e. The lowest BCUT2D eigenvalue weighted by Crippen LogP contribution is -2.35. The summed E-state index contributed by atoms with van der Waals surface area (Å²) in [4.78, 5) is 16.7. The van der Waals surface area contributed by atoms with E-state index in [1.807, 2.05) is 25.1 Å². The van der Waals surface area contributed by atoms with Crippen LogP contribution in [0.15, 0.2) is 52.1 Å². The van der Waals surface area contributed by atoms with Gasteiger partial charge in [-0.25, -0.2) is 0 Å². The molecule has 35 heavy (non-hydrogen) atoms. The quantitative estimate of drug-likeness (QED) is 0.382. The number of nitrogens with zero attached hydrogens (tertiary/aromatic N) is 3. The predicted molar refractivity (Wildman–Crippen MR) is 140 cm³/mol. The fraction of sp³-hybridized carbons (Fsp3) is 0.308. The smallest absolute Gasteiger partial charge is 0.283 e. The molecular weight excluding hydrogens is 464 g/mol. The molecule has 2 aliphatic rings. The van der Waals surface area contributed by atoms with E-state index in [1.165, 1.54) is 22.3 Å². The average molecular weight is 493 g/mol. The molecule has 0 aromatic heterocycles. The average Bonchev–Trinajstić information content (AvgIpc) is 3.27. The summed E-state index contributed by atoms with van der Waals surface area (Å²) >= 11 is 1.32. The van der Waals surface area contributed by atoms with Crippen molar-refractivity contribution < 1.29 is 19.0 Å². The van der Waals surface area contributed by atoms with Gasteiger partial charge in [-0.1, -0.05) is 25.1 Å². The van der Waals surface area contributed by atoms with E-state index >= 15 is 0 Å². The molecule has 9 heteroatoms. The van der Waals surface area contributed by atoms with Crippen LogP contribution in [-0.4, -0.2) is 47.3 Å². The van der Waals surface area contributed by atoms with Gasteiger partial charge in [-0.2, -0.15) is 15.1 Å². The molecule has 0 spiro atoms. The van der Waals surface area contributed by atoms with Crippen LogP contribution in [0.2, 0.25) is 0 Å². The number of methoxy groups -OCH3 is 1. The zero-order chi connectivity index (χ0) is 24.9. The Balaban J connectivity index is 1.39. The first-order valence-electron chi connectivity index (χ1n) is 11.4. The molecule has 0 atom stereocenters. The largest absolute Gasteiger partial charge is 0.493 e. The van der Waals surface area contributed by atoms with Crippen molar-refractivity contribution in [2.24, 2.45) is 10.1 Å². The van der Waals surface area contributed by atoms with Crippen molar-refractivity contribution in [2.75, 3.05) is 20.3 Å². The summed E-state index contributed by atoms with van der Waals surface area (Å²) in [6.07, 6.45) is 3.05. The lowest BCUT2D eigenvalue weighted by atomic mass is 10.1. The Morgan fingerprint density at radius 1 is 1.09 bits per heavy atom. The van der Waals surface area contributed by atoms with E-state index in [0.29, 0.717) is 41.9 Å². The van der Waals surface area contributed by atoms with E-state index in [1.54, 1.807) is 25.3 Å². The van der Waals surface area contributed by atoms with E-state index in [9.17, 15) is 4.79 Å². The number of aryl methyl sites for hydroxylation is 1. The van der Waals surface area contributed by atoms with Gasteiger partial charge in [0.25, 0.3) is 5.91 Å². The topological polar surface area (TPSA) is 96.6 Å². The van der Waals surface area contributed by atoms with Gasteiger partial charge in [0, 0.05) is 6.42 Å². The summed E-state index contributed by atoms with van der Waals surface area (Å²) in [6, 6.07) is 11.4. The predicted octanol–water partition coefficient (Wildman–Crippen LogP) is 5.19. The van der Waals surface area contributed by atoms with Gasteiger partial charge in [-0.15, -0.1) is 0 Å². The SMILES string of the molecule is CCC1=NN2C(=N)C(=Cc3ccc(OCCCOc4cccc(C)c4C)c(OC)c3)C(=O)N=C2S1. The number of ether oxygens (including phenoxy) is 3. The van der Waals surface area contributed by atoms with Gasteiger partial charge in [-0.3, -0.25) is 10.2 Å². The van der Waals surface area contributed by atoms with E-state index in [2.05, 4.69) is 30.0 Å². The van der Waals surface area contributed by atoms with Crippen LogP contribution in [0, 0.1) is 19.3 Å². The number of hydrogen-bond acceptors (Lipinski definition) is 7. The highest BCUT2D eigenvalue weighted by molar-refractivity contribution is 8.26. The number of fused-ring (bicyclic) bond motifs is 1. The molecule has 0 radical (unpaired) electrons. The molecule has 1 amide bonds. The van der Waals surface area contributed by atoms with Crippen LogP contribution in [0.3, 0.4) is 0 Å². The third-order valence-electron chi connectivity index (χ3n) is 5.66. The van der Waals surface area contributed by atoms with E-state index < -0.39 is 5.91 Å². The molecule has 4 rings (SSSR count). The van der Waals surface area contributed by atoms with Crippen molar-refractivity contribution in [1.82, 2.24) is 5.01 Å². The highest BCUT2D eigenvalue weighted by Gasteiger charge is 2.35. The Morgan fingerprint density at radius 3 is 2.60 bits per heavy atom. The molecule has 0 saturated carbocycles. The number of aliphatic imine (C=N–C) groups is 1.